The molecule has 7 nitrogen and oxygen atoms in total. The van der Waals surface area contributed by atoms with E-state index in [0.29, 0.717) is 19.3 Å². The van der Waals surface area contributed by atoms with Crippen LogP contribution in [0, 0.1) is 0 Å². The number of hydrogen-bond donors (Lipinski definition) is 3. The molecule has 130 valence electrons. The quantitative estimate of drug-likeness (QED) is 0.762. The van der Waals surface area contributed by atoms with E-state index < -0.39 is 24.1 Å². The molecule has 0 spiro atoms. The number of hydrogen-bond acceptors (Lipinski definition) is 4. The van der Waals surface area contributed by atoms with Crippen LogP contribution in [0.15, 0.2) is 24.3 Å². The van der Waals surface area contributed by atoms with E-state index in [-0.39, 0.29) is 12.5 Å². The predicted octanol–water partition coefficient (Wildman–Crippen LogP) is 1.58. The molecule has 7 heteroatoms. The standard InChI is InChI=1S/C17H23N3O4/c1-3-12(20-17(23)24-4-2)15(21)19-14-10-9-11-7-5-6-8-13(11)18-16(14)22/h5-8,12,14H,3-4,9-10H2,1-2H3,(H,18,22)(H,19,21)(H,20,23)/t12-,14-/m0/s1. The normalized spacial score (nSPS) is 17.8. The van der Waals surface area contributed by atoms with E-state index in [0.717, 1.165) is 11.3 Å². The summed E-state index contributed by atoms with van der Waals surface area (Å²) in [4.78, 5) is 36.1. The Hall–Kier alpha value is -2.57. The number of ether oxygens (including phenoxy) is 1. The maximum Gasteiger partial charge on any atom is 0.407 e. The van der Waals surface area contributed by atoms with Crippen molar-refractivity contribution >= 4 is 23.6 Å². The average molecular weight is 333 g/mol. The van der Waals surface area contributed by atoms with Gasteiger partial charge in [-0.1, -0.05) is 25.1 Å². The molecule has 24 heavy (non-hydrogen) atoms. The zero-order valence-corrected chi connectivity index (χ0v) is 13.9. The van der Waals surface area contributed by atoms with Crippen LogP contribution in [0.4, 0.5) is 10.5 Å². The van der Waals surface area contributed by atoms with Crippen molar-refractivity contribution in [1.82, 2.24) is 10.6 Å². The van der Waals surface area contributed by atoms with E-state index >= 15 is 0 Å². The molecule has 0 aromatic heterocycles. The van der Waals surface area contributed by atoms with Crippen LogP contribution in [-0.4, -0.2) is 36.6 Å². The van der Waals surface area contributed by atoms with Gasteiger partial charge in [-0.15, -0.1) is 0 Å². The van der Waals surface area contributed by atoms with Crippen molar-refractivity contribution in [2.75, 3.05) is 11.9 Å². The van der Waals surface area contributed by atoms with Crippen molar-refractivity contribution in [1.29, 1.82) is 0 Å². The molecule has 1 aliphatic heterocycles. The Kier molecular flexibility index (Phi) is 6.17. The van der Waals surface area contributed by atoms with Crippen LogP contribution in [0.3, 0.4) is 0 Å². The van der Waals surface area contributed by atoms with Gasteiger partial charge in [-0.3, -0.25) is 9.59 Å². The second kappa shape index (κ2) is 8.33. The highest BCUT2D eigenvalue weighted by Crippen LogP contribution is 2.21. The minimum atomic E-state index is -0.734. The molecule has 3 amide bonds. The number of fused-ring (bicyclic) bond motifs is 1. The number of benzene rings is 1. The number of aryl methyl sites for hydroxylation is 1. The topological polar surface area (TPSA) is 96.5 Å². The van der Waals surface area contributed by atoms with Gasteiger partial charge in [0.2, 0.25) is 11.8 Å². The second-order valence-corrected chi connectivity index (χ2v) is 5.57. The largest absolute Gasteiger partial charge is 0.450 e. The summed E-state index contributed by atoms with van der Waals surface area (Å²) in [5.74, 6) is -0.643. The Morgan fingerprint density at radius 3 is 2.79 bits per heavy atom. The summed E-state index contributed by atoms with van der Waals surface area (Å²) in [5.41, 5.74) is 1.82. The number of carbonyl (C=O) groups excluding carboxylic acids is 3. The highest BCUT2D eigenvalue weighted by Gasteiger charge is 2.28. The molecule has 0 radical (unpaired) electrons. The van der Waals surface area contributed by atoms with Gasteiger partial charge >= 0.3 is 6.09 Å². The van der Waals surface area contributed by atoms with Gasteiger partial charge in [0.15, 0.2) is 0 Å². The molecule has 0 unspecified atom stereocenters. The molecule has 0 saturated heterocycles. The third-order valence-electron chi connectivity index (χ3n) is 3.90. The van der Waals surface area contributed by atoms with Crippen molar-refractivity contribution in [3.8, 4) is 0 Å². The Balaban J connectivity index is 1.98. The summed E-state index contributed by atoms with van der Waals surface area (Å²) >= 11 is 0. The molecular weight excluding hydrogens is 310 g/mol. The summed E-state index contributed by atoms with van der Waals surface area (Å²) < 4.78 is 4.79. The Bertz CT molecular complexity index is 618. The Morgan fingerprint density at radius 1 is 1.33 bits per heavy atom. The van der Waals surface area contributed by atoms with E-state index in [1.807, 2.05) is 24.3 Å². The van der Waals surface area contributed by atoms with Gasteiger partial charge in [0.25, 0.3) is 0 Å². The third-order valence-corrected chi connectivity index (χ3v) is 3.90. The van der Waals surface area contributed by atoms with Gasteiger partial charge in [-0.25, -0.2) is 4.79 Å². The summed E-state index contributed by atoms with van der Waals surface area (Å²) in [6, 6.07) is 6.20. The third kappa shape index (κ3) is 4.47. The van der Waals surface area contributed by atoms with Crippen LogP contribution >= 0.6 is 0 Å². The molecule has 1 aliphatic rings. The first-order valence-corrected chi connectivity index (χ1v) is 8.17. The van der Waals surface area contributed by atoms with Crippen molar-refractivity contribution in [3.05, 3.63) is 29.8 Å². The zero-order chi connectivity index (χ0) is 17.5. The van der Waals surface area contributed by atoms with Crippen LogP contribution in [0.1, 0.15) is 32.3 Å². The number of carbonyl (C=O) groups is 3. The Morgan fingerprint density at radius 2 is 2.08 bits per heavy atom. The monoisotopic (exact) mass is 333 g/mol. The van der Waals surface area contributed by atoms with Crippen molar-refractivity contribution in [2.45, 2.75) is 45.2 Å². The number of amides is 3. The molecule has 0 saturated carbocycles. The lowest BCUT2D eigenvalue weighted by molar-refractivity contribution is -0.127. The fourth-order valence-electron chi connectivity index (χ4n) is 2.59. The zero-order valence-electron chi connectivity index (χ0n) is 13.9. The highest BCUT2D eigenvalue weighted by atomic mass is 16.5. The summed E-state index contributed by atoms with van der Waals surface area (Å²) in [7, 11) is 0. The lowest BCUT2D eigenvalue weighted by atomic mass is 10.1. The first kappa shape index (κ1) is 17.8. The van der Waals surface area contributed by atoms with Gasteiger partial charge in [0.05, 0.1) is 6.61 Å². The van der Waals surface area contributed by atoms with Crippen LogP contribution in [-0.2, 0) is 20.7 Å². The maximum absolute atomic E-state index is 12.4. The minimum absolute atomic E-state index is 0.229. The van der Waals surface area contributed by atoms with Crippen LogP contribution < -0.4 is 16.0 Å². The minimum Gasteiger partial charge on any atom is -0.450 e. The lowest BCUT2D eigenvalue weighted by Crippen LogP contribution is -2.52. The van der Waals surface area contributed by atoms with Gasteiger partial charge in [0.1, 0.15) is 12.1 Å². The molecule has 0 aliphatic carbocycles. The SMILES string of the molecule is CCOC(=O)N[C@@H](CC)C(=O)N[C@H]1CCc2ccccc2NC1=O. The summed E-state index contributed by atoms with van der Waals surface area (Å²) in [6.07, 6.45) is 0.947. The molecule has 0 fully saturated rings. The smallest absolute Gasteiger partial charge is 0.407 e. The molecule has 1 aromatic carbocycles. The first-order valence-electron chi connectivity index (χ1n) is 8.17. The van der Waals surface area contributed by atoms with Gasteiger partial charge in [-0.2, -0.15) is 0 Å². The van der Waals surface area contributed by atoms with Crippen molar-refractivity contribution in [2.24, 2.45) is 0 Å². The van der Waals surface area contributed by atoms with Crippen LogP contribution in [0.5, 0.6) is 0 Å². The summed E-state index contributed by atoms with van der Waals surface area (Å²) in [6.45, 7) is 3.70. The molecular formula is C17H23N3O4. The van der Waals surface area contributed by atoms with E-state index in [4.69, 9.17) is 4.74 Å². The number of para-hydroxylation sites is 1. The van der Waals surface area contributed by atoms with Crippen molar-refractivity contribution < 1.29 is 19.1 Å². The van der Waals surface area contributed by atoms with Crippen LogP contribution in [0.25, 0.3) is 0 Å². The number of anilines is 1. The number of nitrogens with one attached hydrogen (secondary N) is 3. The molecule has 2 rings (SSSR count). The molecule has 0 bridgehead atoms. The highest BCUT2D eigenvalue weighted by molar-refractivity contribution is 5.99. The lowest BCUT2D eigenvalue weighted by Gasteiger charge is -2.20. The average Bonchev–Trinajstić information content (AvgIpc) is 2.72. The molecule has 3 N–H and O–H groups in total. The van der Waals surface area contributed by atoms with E-state index in [1.54, 1.807) is 13.8 Å². The molecule has 1 aromatic rings. The summed E-state index contributed by atoms with van der Waals surface area (Å²) in [5, 5.41) is 8.05. The number of rotatable bonds is 5. The molecule has 1 heterocycles. The van der Waals surface area contributed by atoms with E-state index in [9.17, 15) is 14.4 Å². The fraction of sp³-hybridized carbons (Fsp3) is 0.471. The van der Waals surface area contributed by atoms with Gasteiger partial charge < -0.3 is 20.7 Å². The first-order chi connectivity index (χ1) is 11.5. The van der Waals surface area contributed by atoms with E-state index in [2.05, 4.69) is 16.0 Å². The predicted molar refractivity (Wildman–Crippen MR) is 89.6 cm³/mol. The van der Waals surface area contributed by atoms with Crippen LogP contribution in [0.2, 0.25) is 0 Å². The molecule has 2 atom stereocenters. The van der Waals surface area contributed by atoms with Crippen molar-refractivity contribution in [3.63, 3.8) is 0 Å². The number of alkyl carbamates (subject to hydrolysis) is 1. The maximum atomic E-state index is 12.4. The second-order valence-electron chi connectivity index (χ2n) is 5.57. The van der Waals surface area contributed by atoms with Gasteiger partial charge in [0, 0.05) is 5.69 Å². The fourth-order valence-corrected chi connectivity index (χ4v) is 2.59. The Labute approximate surface area is 141 Å². The van der Waals surface area contributed by atoms with Gasteiger partial charge in [-0.05, 0) is 37.8 Å². The van der Waals surface area contributed by atoms with E-state index in [1.165, 1.54) is 0 Å².